The summed E-state index contributed by atoms with van der Waals surface area (Å²) in [7, 11) is 2.17. The molecule has 1 aliphatic rings. The highest BCUT2D eigenvalue weighted by molar-refractivity contribution is 4.69. The third-order valence-electron chi connectivity index (χ3n) is 2.05. The number of likely N-dealkylation sites (N-methyl/N-ethyl adjacent to an activating group) is 1. The van der Waals surface area contributed by atoms with Crippen LogP contribution in [0.25, 0.3) is 0 Å². The van der Waals surface area contributed by atoms with E-state index in [1.807, 2.05) is 0 Å². The van der Waals surface area contributed by atoms with E-state index in [1.165, 1.54) is 0 Å². The fourth-order valence-corrected chi connectivity index (χ4v) is 1.43. The van der Waals surface area contributed by atoms with Crippen LogP contribution < -0.4 is 10.6 Å². The second kappa shape index (κ2) is 4.70. The Labute approximate surface area is 69.1 Å². The van der Waals surface area contributed by atoms with Gasteiger partial charge in [0.25, 0.3) is 0 Å². The molecule has 66 valence electrons. The number of hydrogen-bond donors (Lipinski definition) is 2. The molecule has 0 amide bonds. The standard InChI is InChI=1S/C8H19N3/c1-8-7-11(2)6-5-9-3-4-10-8/h8-10H,3-7H2,1-2H3. The topological polar surface area (TPSA) is 27.3 Å². The van der Waals surface area contributed by atoms with Crippen molar-refractivity contribution in [3.05, 3.63) is 0 Å². The molecule has 1 heterocycles. The van der Waals surface area contributed by atoms with Crippen molar-refractivity contribution < 1.29 is 0 Å². The lowest BCUT2D eigenvalue weighted by Gasteiger charge is -2.19. The summed E-state index contributed by atoms with van der Waals surface area (Å²) in [4.78, 5) is 2.36. The van der Waals surface area contributed by atoms with Crippen molar-refractivity contribution in [1.29, 1.82) is 0 Å². The molecule has 0 aliphatic carbocycles. The van der Waals surface area contributed by atoms with Crippen LogP contribution in [0.2, 0.25) is 0 Å². The van der Waals surface area contributed by atoms with Gasteiger partial charge in [0.05, 0.1) is 0 Å². The Morgan fingerprint density at radius 3 is 2.91 bits per heavy atom. The quantitative estimate of drug-likeness (QED) is 0.496. The van der Waals surface area contributed by atoms with Crippen molar-refractivity contribution in [3.63, 3.8) is 0 Å². The first-order valence-electron chi connectivity index (χ1n) is 4.41. The first-order valence-corrected chi connectivity index (χ1v) is 4.41. The Bertz CT molecular complexity index is 93.5. The summed E-state index contributed by atoms with van der Waals surface area (Å²) in [5.41, 5.74) is 0. The van der Waals surface area contributed by atoms with E-state index in [9.17, 15) is 0 Å². The fraction of sp³-hybridized carbons (Fsp3) is 1.00. The molecule has 0 aromatic heterocycles. The molecular formula is C8H19N3. The van der Waals surface area contributed by atoms with Crippen molar-refractivity contribution in [2.75, 3.05) is 39.8 Å². The van der Waals surface area contributed by atoms with Crippen LogP contribution in [0.1, 0.15) is 6.92 Å². The molecule has 3 nitrogen and oxygen atoms in total. The molecule has 1 saturated heterocycles. The molecule has 1 aliphatic heterocycles. The van der Waals surface area contributed by atoms with Crippen molar-refractivity contribution in [2.45, 2.75) is 13.0 Å². The smallest absolute Gasteiger partial charge is 0.0167 e. The number of nitrogens with zero attached hydrogens (tertiary/aromatic N) is 1. The summed E-state index contributed by atoms with van der Waals surface area (Å²) >= 11 is 0. The molecule has 0 radical (unpaired) electrons. The van der Waals surface area contributed by atoms with Crippen LogP contribution in [-0.2, 0) is 0 Å². The largest absolute Gasteiger partial charge is 0.314 e. The molecule has 2 N–H and O–H groups in total. The molecule has 1 rings (SSSR count). The van der Waals surface area contributed by atoms with Gasteiger partial charge in [-0.15, -0.1) is 0 Å². The van der Waals surface area contributed by atoms with Gasteiger partial charge in [-0.1, -0.05) is 0 Å². The maximum Gasteiger partial charge on any atom is 0.0167 e. The molecule has 11 heavy (non-hydrogen) atoms. The van der Waals surface area contributed by atoms with Crippen molar-refractivity contribution in [3.8, 4) is 0 Å². The second-order valence-corrected chi connectivity index (χ2v) is 3.37. The molecular weight excluding hydrogens is 138 g/mol. The maximum absolute atomic E-state index is 3.45. The fourth-order valence-electron chi connectivity index (χ4n) is 1.43. The highest BCUT2D eigenvalue weighted by atomic mass is 15.1. The number of hydrogen-bond acceptors (Lipinski definition) is 3. The van der Waals surface area contributed by atoms with E-state index in [-0.39, 0.29) is 0 Å². The second-order valence-electron chi connectivity index (χ2n) is 3.37. The van der Waals surface area contributed by atoms with Gasteiger partial charge in [0.2, 0.25) is 0 Å². The third kappa shape index (κ3) is 3.70. The highest BCUT2D eigenvalue weighted by Gasteiger charge is 2.06. The summed E-state index contributed by atoms with van der Waals surface area (Å²) in [6, 6.07) is 0.625. The van der Waals surface area contributed by atoms with Crippen molar-refractivity contribution in [1.82, 2.24) is 15.5 Å². The average Bonchev–Trinajstić information content (AvgIpc) is 2.02. The van der Waals surface area contributed by atoms with Gasteiger partial charge < -0.3 is 15.5 Å². The van der Waals surface area contributed by atoms with Crippen LogP contribution in [-0.4, -0.2) is 50.7 Å². The van der Waals surface area contributed by atoms with E-state index in [2.05, 4.69) is 29.5 Å². The van der Waals surface area contributed by atoms with E-state index >= 15 is 0 Å². The minimum Gasteiger partial charge on any atom is -0.314 e. The zero-order valence-corrected chi connectivity index (χ0v) is 7.56. The van der Waals surface area contributed by atoms with E-state index < -0.39 is 0 Å². The Kier molecular flexibility index (Phi) is 3.83. The van der Waals surface area contributed by atoms with Crippen LogP contribution >= 0.6 is 0 Å². The summed E-state index contributed by atoms with van der Waals surface area (Å²) < 4.78 is 0. The predicted molar refractivity (Wildman–Crippen MR) is 47.8 cm³/mol. The van der Waals surface area contributed by atoms with Gasteiger partial charge >= 0.3 is 0 Å². The lowest BCUT2D eigenvalue weighted by Crippen LogP contribution is -2.37. The molecule has 0 aromatic carbocycles. The van der Waals surface area contributed by atoms with Crippen molar-refractivity contribution in [2.24, 2.45) is 0 Å². The molecule has 3 heteroatoms. The van der Waals surface area contributed by atoms with Crippen LogP contribution in [0.3, 0.4) is 0 Å². The number of rotatable bonds is 0. The zero-order chi connectivity index (χ0) is 8.10. The predicted octanol–water partition coefficient (Wildman–Crippen LogP) is -0.500. The minimum atomic E-state index is 0.625. The van der Waals surface area contributed by atoms with Gasteiger partial charge in [0.15, 0.2) is 0 Å². The summed E-state index contributed by atoms with van der Waals surface area (Å²) in [5, 5.41) is 6.82. The first kappa shape index (κ1) is 8.97. The molecule has 0 saturated carbocycles. The normalized spacial score (nSPS) is 30.5. The average molecular weight is 157 g/mol. The van der Waals surface area contributed by atoms with Crippen LogP contribution in [0.15, 0.2) is 0 Å². The lowest BCUT2D eigenvalue weighted by molar-refractivity contribution is 0.309. The Hall–Kier alpha value is -0.120. The summed E-state index contributed by atoms with van der Waals surface area (Å²) in [6.07, 6.45) is 0. The first-order chi connectivity index (χ1) is 5.29. The molecule has 1 fully saturated rings. The van der Waals surface area contributed by atoms with Gasteiger partial charge in [-0.3, -0.25) is 0 Å². The Morgan fingerprint density at radius 2 is 2.09 bits per heavy atom. The molecule has 0 bridgehead atoms. The molecule has 0 spiro atoms. The van der Waals surface area contributed by atoms with Gasteiger partial charge in [-0.05, 0) is 14.0 Å². The lowest BCUT2D eigenvalue weighted by atomic mass is 10.3. The van der Waals surface area contributed by atoms with Crippen LogP contribution in [0.5, 0.6) is 0 Å². The van der Waals surface area contributed by atoms with E-state index in [0.29, 0.717) is 6.04 Å². The number of nitrogens with one attached hydrogen (secondary N) is 2. The Morgan fingerprint density at radius 1 is 1.27 bits per heavy atom. The van der Waals surface area contributed by atoms with E-state index in [1.54, 1.807) is 0 Å². The van der Waals surface area contributed by atoms with Gasteiger partial charge in [-0.2, -0.15) is 0 Å². The van der Waals surface area contributed by atoms with Gasteiger partial charge in [-0.25, -0.2) is 0 Å². The molecule has 1 atom stereocenters. The van der Waals surface area contributed by atoms with Crippen molar-refractivity contribution >= 4 is 0 Å². The van der Waals surface area contributed by atoms with E-state index in [0.717, 1.165) is 32.7 Å². The summed E-state index contributed by atoms with van der Waals surface area (Å²) in [5.74, 6) is 0. The molecule has 0 aromatic rings. The molecule has 1 unspecified atom stereocenters. The summed E-state index contributed by atoms with van der Waals surface area (Å²) in [6.45, 7) is 7.85. The monoisotopic (exact) mass is 157 g/mol. The van der Waals surface area contributed by atoms with Crippen LogP contribution in [0, 0.1) is 0 Å². The van der Waals surface area contributed by atoms with Gasteiger partial charge in [0, 0.05) is 38.8 Å². The SMILES string of the molecule is CC1CN(C)CCNCCN1. The maximum atomic E-state index is 3.45. The zero-order valence-electron chi connectivity index (χ0n) is 7.56. The van der Waals surface area contributed by atoms with E-state index in [4.69, 9.17) is 0 Å². The minimum absolute atomic E-state index is 0.625. The highest BCUT2D eigenvalue weighted by Crippen LogP contribution is 1.88. The third-order valence-corrected chi connectivity index (χ3v) is 2.05. The van der Waals surface area contributed by atoms with Crippen LogP contribution in [0.4, 0.5) is 0 Å². The van der Waals surface area contributed by atoms with Gasteiger partial charge in [0.1, 0.15) is 0 Å². The Balaban J connectivity index is 2.27.